The molecule has 1 amide bonds. The average Bonchev–Trinajstić information content (AvgIpc) is 3.04. The fourth-order valence-electron chi connectivity index (χ4n) is 1.77. The first-order valence-corrected chi connectivity index (χ1v) is 5.61. The van der Waals surface area contributed by atoms with E-state index in [4.69, 9.17) is 0 Å². The number of phenolic OH excluding ortho intramolecular Hbond substituents is 1. The molecule has 3 nitrogen and oxygen atoms in total. The number of hydrogen-bond donors (Lipinski definition) is 1. The molecule has 1 fully saturated rings. The van der Waals surface area contributed by atoms with Crippen molar-refractivity contribution in [2.24, 2.45) is 5.92 Å². The molecular formula is C13H17NO2. The minimum absolute atomic E-state index is 0.0166. The third kappa shape index (κ3) is 2.35. The van der Waals surface area contributed by atoms with E-state index < -0.39 is 0 Å². The summed E-state index contributed by atoms with van der Waals surface area (Å²) in [7, 11) is 3.46. The smallest absolute Gasteiger partial charge is 0.253 e. The van der Waals surface area contributed by atoms with E-state index in [0.29, 0.717) is 17.2 Å². The summed E-state index contributed by atoms with van der Waals surface area (Å²) in [6.45, 7) is 0. The lowest BCUT2D eigenvalue weighted by Gasteiger charge is -2.12. The van der Waals surface area contributed by atoms with Crippen molar-refractivity contribution in [3.8, 4) is 5.75 Å². The summed E-state index contributed by atoms with van der Waals surface area (Å²) in [5.74, 6) is 0.995. The summed E-state index contributed by atoms with van der Waals surface area (Å²) in [6, 6.07) is 5.11. The van der Waals surface area contributed by atoms with E-state index in [-0.39, 0.29) is 5.91 Å². The number of carbonyl (C=O) groups is 1. The van der Waals surface area contributed by atoms with Crippen molar-refractivity contribution in [2.75, 3.05) is 14.1 Å². The van der Waals surface area contributed by atoms with Crippen LogP contribution in [0.3, 0.4) is 0 Å². The van der Waals surface area contributed by atoms with E-state index in [1.807, 2.05) is 6.07 Å². The van der Waals surface area contributed by atoms with Crippen molar-refractivity contribution < 1.29 is 9.90 Å². The second-order valence-electron chi connectivity index (χ2n) is 4.69. The highest BCUT2D eigenvalue weighted by molar-refractivity contribution is 5.94. The lowest BCUT2D eigenvalue weighted by Crippen LogP contribution is -2.21. The normalized spacial score (nSPS) is 14.9. The molecule has 0 radical (unpaired) electrons. The highest BCUT2D eigenvalue weighted by atomic mass is 16.3. The van der Waals surface area contributed by atoms with Crippen molar-refractivity contribution in [1.29, 1.82) is 0 Å². The van der Waals surface area contributed by atoms with E-state index in [0.717, 1.165) is 12.0 Å². The molecule has 0 bridgehead atoms. The first-order valence-electron chi connectivity index (χ1n) is 5.61. The number of carbonyl (C=O) groups excluding carboxylic acids is 1. The molecule has 3 heteroatoms. The number of benzene rings is 1. The van der Waals surface area contributed by atoms with Gasteiger partial charge in [0.1, 0.15) is 5.75 Å². The first-order chi connectivity index (χ1) is 7.58. The standard InChI is InChI=1S/C13H17NO2/c1-14(2)13(16)10-5-6-12(15)11(8-10)7-9-3-4-9/h5-6,8-9,15H,3-4,7H2,1-2H3. The highest BCUT2D eigenvalue weighted by Gasteiger charge is 2.23. The van der Waals surface area contributed by atoms with E-state index in [2.05, 4.69) is 0 Å². The van der Waals surface area contributed by atoms with Gasteiger partial charge in [0, 0.05) is 19.7 Å². The number of nitrogens with zero attached hydrogens (tertiary/aromatic N) is 1. The summed E-state index contributed by atoms with van der Waals surface area (Å²) in [5.41, 5.74) is 1.55. The van der Waals surface area contributed by atoms with Gasteiger partial charge in [-0.25, -0.2) is 0 Å². The van der Waals surface area contributed by atoms with Crippen molar-refractivity contribution in [2.45, 2.75) is 19.3 Å². The molecule has 1 saturated carbocycles. The van der Waals surface area contributed by atoms with E-state index in [9.17, 15) is 9.90 Å². The number of amides is 1. The predicted octanol–water partition coefficient (Wildman–Crippen LogP) is 2.05. The van der Waals surface area contributed by atoms with Crippen molar-refractivity contribution >= 4 is 5.91 Å². The zero-order chi connectivity index (χ0) is 11.7. The van der Waals surface area contributed by atoms with Crippen LogP contribution in [0.1, 0.15) is 28.8 Å². The van der Waals surface area contributed by atoms with Gasteiger partial charge in [-0.15, -0.1) is 0 Å². The number of aromatic hydroxyl groups is 1. The molecule has 1 aliphatic carbocycles. The summed E-state index contributed by atoms with van der Waals surface area (Å²) in [5, 5.41) is 9.71. The van der Waals surface area contributed by atoms with Crippen LogP contribution in [0.25, 0.3) is 0 Å². The number of hydrogen-bond acceptors (Lipinski definition) is 2. The van der Waals surface area contributed by atoms with Crippen LogP contribution >= 0.6 is 0 Å². The van der Waals surface area contributed by atoms with Gasteiger partial charge in [-0.05, 0) is 48.9 Å². The lowest BCUT2D eigenvalue weighted by molar-refractivity contribution is 0.0827. The van der Waals surface area contributed by atoms with Gasteiger partial charge < -0.3 is 10.0 Å². The molecule has 0 aromatic heterocycles. The Morgan fingerprint density at radius 1 is 1.44 bits per heavy atom. The van der Waals surface area contributed by atoms with Gasteiger partial charge in [0.05, 0.1) is 0 Å². The fraction of sp³-hybridized carbons (Fsp3) is 0.462. The summed E-state index contributed by atoms with van der Waals surface area (Å²) in [6.07, 6.45) is 3.37. The second-order valence-corrected chi connectivity index (χ2v) is 4.69. The van der Waals surface area contributed by atoms with Crippen LogP contribution in [0.5, 0.6) is 5.75 Å². The Morgan fingerprint density at radius 2 is 2.12 bits per heavy atom. The topological polar surface area (TPSA) is 40.5 Å². The van der Waals surface area contributed by atoms with E-state index in [1.165, 1.54) is 12.8 Å². The molecule has 0 unspecified atom stereocenters. The Morgan fingerprint density at radius 3 is 2.69 bits per heavy atom. The van der Waals surface area contributed by atoms with Crippen LogP contribution in [-0.4, -0.2) is 30.0 Å². The van der Waals surface area contributed by atoms with Crippen molar-refractivity contribution in [3.05, 3.63) is 29.3 Å². The van der Waals surface area contributed by atoms with Crippen LogP contribution in [0.4, 0.5) is 0 Å². The Hall–Kier alpha value is -1.51. The SMILES string of the molecule is CN(C)C(=O)c1ccc(O)c(CC2CC2)c1. The highest BCUT2D eigenvalue weighted by Crippen LogP contribution is 2.35. The molecule has 16 heavy (non-hydrogen) atoms. The minimum atomic E-state index is -0.0166. The van der Waals surface area contributed by atoms with Gasteiger partial charge >= 0.3 is 0 Å². The molecule has 1 aliphatic rings. The van der Waals surface area contributed by atoms with Gasteiger partial charge in [-0.3, -0.25) is 4.79 Å². The Bertz CT molecular complexity index is 408. The maximum atomic E-state index is 11.8. The van der Waals surface area contributed by atoms with Gasteiger partial charge in [0.25, 0.3) is 5.91 Å². The van der Waals surface area contributed by atoms with Crippen molar-refractivity contribution in [3.63, 3.8) is 0 Å². The summed E-state index contributed by atoms with van der Waals surface area (Å²) >= 11 is 0. The van der Waals surface area contributed by atoms with Crippen LogP contribution in [0, 0.1) is 5.92 Å². The van der Waals surface area contributed by atoms with Crippen LogP contribution < -0.4 is 0 Å². The molecule has 0 atom stereocenters. The Kier molecular flexibility index (Phi) is 2.86. The van der Waals surface area contributed by atoms with Crippen molar-refractivity contribution in [1.82, 2.24) is 4.90 Å². The molecule has 0 heterocycles. The van der Waals surface area contributed by atoms with Gasteiger partial charge in [0.2, 0.25) is 0 Å². The molecule has 1 aromatic carbocycles. The van der Waals surface area contributed by atoms with Crippen LogP contribution in [0.2, 0.25) is 0 Å². The molecule has 0 spiro atoms. The monoisotopic (exact) mass is 219 g/mol. The quantitative estimate of drug-likeness (QED) is 0.845. The van der Waals surface area contributed by atoms with Crippen LogP contribution in [-0.2, 0) is 6.42 Å². The molecule has 1 N–H and O–H groups in total. The number of phenols is 1. The first kappa shape index (κ1) is 11.0. The van der Waals surface area contributed by atoms with Crippen LogP contribution in [0.15, 0.2) is 18.2 Å². The fourth-order valence-corrected chi connectivity index (χ4v) is 1.77. The molecule has 0 saturated heterocycles. The average molecular weight is 219 g/mol. The molecule has 86 valence electrons. The van der Waals surface area contributed by atoms with E-state index >= 15 is 0 Å². The lowest BCUT2D eigenvalue weighted by atomic mass is 10.0. The zero-order valence-corrected chi connectivity index (χ0v) is 9.73. The molecule has 1 aromatic rings. The predicted molar refractivity (Wildman–Crippen MR) is 62.6 cm³/mol. The minimum Gasteiger partial charge on any atom is -0.508 e. The third-order valence-corrected chi connectivity index (χ3v) is 2.94. The Balaban J connectivity index is 2.23. The maximum Gasteiger partial charge on any atom is 0.253 e. The second kappa shape index (κ2) is 4.16. The Labute approximate surface area is 95.7 Å². The zero-order valence-electron chi connectivity index (χ0n) is 9.73. The van der Waals surface area contributed by atoms with Gasteiger partial charge in [-0.1, -0.05) is 0 Å². The van der Waals surface area contributed by atoms with Gasteiger partial charge in [-0.2, -0.15) is 0 Å². The number of rotatable bonds is 3. The van der Waals surface area contributed by atoms with Gasteiger partial charge in [0.15, 0.2) is 0 Å². The molecular weight excluding hydrogens is 202 g/mol. The summed E-state index contributed by atoms with van der Waals surface area (Å²) in [4.78, 5) is 13.3. The summed E-state index contributed by atoms with van der Waals surface area (Å²) < 4.78 is 0. The maximum absolute atomic E-state index is 11.8. The molecule has 0 aliphatic heterocycles. The third-order valence-electron chi connectivity index (χ3n) is 2.94. The largest absolute Gasteiger partial charge is 0.508 e. The molecule has 2 rings (SSSR count). The van der Waals surface area contributed by atoms with E-state index in [1.54, 1.807) is 31.1 Å².